The van der Waals surface area contributed by atoms with Gasteiger partial charge in [-0.25, -0.2) is 4.98 Å². The topological polar surface area (TPSA) is 90.0 Å². The molecular weight excluding hydrogens is 426 g/mol. The van der Waals surface area contributed by atoms with Crippen LogP contribution in [0.1, 0.15) is 87.1 Å². The van der Waals surface area contributed by atoms with Gasteiger partial charge in [-0.2, -0.15) is 10.1 Å². The molecule has 3 aliphatic carbocycles. The van der Waals surface area contributed by atoms with E-state index in [1.165, 1.54) is 56.2 Å². The monoisotopic (exact) mass is 461 g/mol. The van der Waals surface area contributed by atoms with E-state index in [2.05, 4.69) is 31.4 Å². The van der Waals surface area contributed by atoms with Crippen LogP contribution < -0.4 is 10.2 Å². The van der Waals surface area contributed by atoms with Gasteiger partial charge in [0.2, 0.25) is 11.9 Å². The fourth-order valence-corrected chi connectivity index (χ4v) is 6.80. The summed E-state index contributed by atoms with van der Waals surface area (Å²) in [6.45, 7) is 2.72. The number of carbonyl (C=O) groups is 1. The molecule has 2 aromatic rings. The second-order valence-corrected chi connectivity index (χ2v) is 11.3. The molecule has 1 amide bonds. The van der Waals surface area contributed by atoms with Gasteiger partial charge in [0.1, 0.15) is 11.9 Å². The lowest BCUT2D eigenvalue weighted by molar-refractivity contribution is -0.131. The van der Waals surface area contributed by atoms with E-state index in [0.717, 1.165) is 69.1 Å². The van der Waals surface area contributed by atoms with Crippen LogP contribution in [0.3, 0.4) is 0 Å². The van der Waals surface area contributed by atoms with Gasteiger partial charge in [-0.1, -0.05) is 12.8 Å². The molecule has 5 aliphatic rings. The van der Waals surface area contributed by atoms with E-state index in [9.17, 15) is 4.79 Å². The third-order valence-electron chi connectivity index (χ3n) is 9.06. The zero-order chi connectivity index (χ0) is 22.7. The third-order valence-corrected chi connectivity index (χ3v) is 9.06. The summed E-state index contributed by atoms with van der Waals surface area (Å²) in [6.07, 6.45) is 13.9. The summed E-state index contributed by atoms with van der Waals surface area (Å²) in [7, 11) is 0. The highest BCUT2D eigenvalue weighted by atomic mass is 16.2. The zero-order valence-electron chi connectivity index (χ0n) is 20.0. The SMILES string of the molecule is O=C([C@H]1CCCN1c1nc2c(c(Nc3cc(C4CCCC4)[nH]n3)n1)CCC2)N1CCC2(CC2)C1. The van der Waals surface area contributed by atoms with E-state index < -0.39 is 0 Å². The summed E-state index contributed by atoms with van der Waals surface area (Å²) in [5, 5.41) is 11.3. The van der Waals surface area contributed by atoms with Crippen molar-refractivity contribution in [2.75, 3.05) is 29.9 Å². The van der Waals surface area contributed by atoms with E-state index in [0.29, 0.717) is 17.3 Å². The summed E-state index contributed by atoms with van der Waals surface area (Å²) < 4.78 is 0. The van der Waals surface area contributed by atoms with E-state index in [1.54, 1.807) is 0 Å². The molecule has 4 heterocycles. The number of fused-ring (bicyclic) bond motifs is 1. The number of hydrogen-bond donors (Lipinski definition) is 2. The van der Waals surface area contributed by atoms with Gasteiger partial charge >= 0.3 is 0 Å². The molecule has 1 atom stereocenters. The quantitative estimate of drug-likeness (QED) is 0.698. The maximum Gasteiger partial charge on any atom is 0.245 e. The minimum atomic E-state index is -0.124. The Labute approximate surface area is 200 Å². The van der Waals surface area contributed by atoms with Gasteiger partial charge in [0.05, 0.1) is 5.69 Å². The van der Waals surface area contributed by atoms with Gasteiger partial charge in [-0.3, -0.25) is 9.89 Å². The molecule has 8 nitrogen and oxygen atoms in total. The van der Waals surface area contributed by atoms with Gasteiger partial charge < -0.3 is 15.1 Å². The van der Waals surface area contributed by atoms with E-state index in [1.807, 2.05) is 0 Å². The number of hydrogen-bond acceptors (Lipinski definition) is 6. The van der Waals surface area contributed by atoms with Gasteiger partial charge in [-0.15, -0.1) is 0 Å². The maximum atomic E-state index is 13.5. The Morgan fingerprint density at radius 1 is 1.03 bits per heavy atom. The molecule has 0 aromatic carbocycles. The summed E-state index contributed by atoms with van der Waals surface area (Å²) in [5.41, 5.74) is 4.04. The van der Waals surface area contributed by atoms with Gasteiger partial charge in [-0.05, 0) is 69.6 Å². The lowest BCUT2D eigenvalue weighted by Gasteiger charge is -2.28. The molecule has 0 radical (unpaired) electrons. The smallest absolute Gasteiger partial charge is 0.245 e. The number of aryl methyl sites for hydroxylation is 1. The number of aromatic amines is 1. The molecule has 2 saturated heterocycles. The number of nitrogens with one attached hydrogen (secondary N) is 2. The average molecular weight is 462 g/mol. The van der Waals surface area contributed by atoms with Crippen LogP contribution in [0.15, 0.2) is 6.07 Å². The number of anilines is 3. The van der Waals surface area contributed by atoms with Crippen molar-refractivity contribution >= 4 is 23.5 Å². The van der Waals surface area contributed by atoms with Crippen molar-refractivity contribution in [1.29, 1.82) is 0 Å². The highest BCUT2D eigenvalue weighted by molar-refractivity contribution is 5.86. The van der Waals surface area contributed by atoms with Crippen molar-refractivity contribution in [3.63, 3.8) is 0 Å². The molecular formula is C26H35N7O. The first-order valence-corrected chi connectivity index (χ1v) is 13.5. The summed E-state index contributed by atoms with van der Waals surface area (Å²) in [5.74, 6) is 3.31. The number of aromatic nitrogens is 4. The molecule has 1 spiro atoms. The predicted molar refractivity (Wildman–Crippen MR) is 130 cm³/mol. The minimum absolute atomic E-state index is 0.124. The largest absolute Gasteiger partial charge is 0.340 e. The fraction of sp³-hybridized carbons (Fsp3) is 0.692. The average Bonchev–Trinajstić information content (AvgIpc) is 3.50. The highest BCUT2D eigenvalue weighted by Crippen LogP contribution is 2.52. The molecule has 2 saturated carbocycles. The Bertz CT molecular complexity index is 1100. The molecule has 0 bridgehead atoms. The maximum absolute atomic E-state index is 13.5. The van der Waals surface area contributed by atoms with E-state index in [-0.39, 0.29) is 11.9 Å². The van der Waals surface area contributed by atoms with Gasteiger partial charge in [0.15, 0.2) is 5.82 Å². The van der Waals surface area contributed by atoms with Crippen LogP contribution in [-0.2, 0) is 17.6 Å². The normalized spacial score (nSPS) is 25.5. The Balaban J connectivity index is 1.14. The fourth-order valence-electron chi connectivity index (χ4n) is 6.80. The van der Waals surface area contributed by atoms with Crippen molar-refractivity contribution in [1.82, 2.24) is 25.1 Å². The number of rotatable bonds is 5. The first-order chi connectivity index (χ1) is 16.7. The van der Waals surface area contributed by atoms with Gasteiger partial charge in [0.25, 0.3) is 0 Å². The molecule has 0 unspecified atom stereocenters. The first kappa shape index (κ1) is 20.7. The Hall–Kier alpha value is -2.64. The Morgan fingerprint density at radius 3 is 2.74 bits per heavy atom. The van der Waals surface area contributed by atoms with Crippen molar-refractivity contribution < 1.29 is 4.79 Å². The molecule has 4 fully saturated rings. The van der Waals surface area contributed by atoms with Crippen LogP contribution in [0.4, 0.5) is 17.6 Å². The summed E-state index contributed by atoms with van der Waals surface area (Å²) in [4.78, 5) is 27.8. The van der Waals surface area contributed by atoms with Crippen molar-refractivity contribution in [2.24, 2.45) is 5.41 Å². The molecule has 7 rings (SSSR count). The predicted octanol–water partition coefficient (Wildman–Crippen LogP) is 4.07. The molecule has 2 aromatic heterocycles. The molecule has 8 heteroatoms. The van der Waals surface area contributed by atoms with Gasteiger partial charge in [0, 0.05) is 42.9 Å². The van der Waals surface area contributed by atoms with Crippen LogP contribution in [0.2, 0.25) is 0 Å². The molecule has 2 N–H and O–H groups in total. The van der Waals surface area contributed by atoms with Crippen LogP contribution >= 0.6 is 0 Å². The third kappa shape index (κ3) is 3.57. The number of nitrogens with zero attached hydrogens (tertiary/aromatic N) is 5. The van der Waals surface area contributed by atoms with Crippen LogP contribution in [0.5, 0.6) is 0 Å². The van der Waals surface area contributed by atoms with Crippen molar-refractivity contribution in [2.45, 2.75) is 89.0 Å². The van der Waals surface area contributed by atoms with Crippen molar-refractivity contribution in [3.05, 3.63) is 23.0 Å². The van der Waals surface area contributed by atoms with Crippen LogP contribution in [0, 0.1) is 5.41 Å². The molecule has 2 aliphatic heterocycles. The molecule has 34 heavy (non-hydrogen) atoms. The zero-order valence-corrected chi connectivity index (χ0v) is 20.0. The Morgan fingerprint density at radius 2 is 1.91 bits per heavy atom. The second-order valence-electron chi connectivity index (χ2n) is 11.3. The summed E-state index contributed by atoms with van der Waals surface area (Å²) >= 11 is 0. The molecule has 180 valence electrons. The highest BCUT2D eigenvalue weighted by Gasteiger charge is 2.50. The minimum Gasteiger partial charge on any atom is -0.340 e. The Kier molecular flexibility index (Phi) is 4.84. The van der Waals surface area contributed by atoms with Crippen molar-refractivity contribution in [3.8, 4) is 0 Å². The number of H-pyrrole nitrogens is 1. The van der Waals surface area contributed by atoms with Crippen LogP contribution in [-0.4, -0.2) is 56.6 Å². The lowest BCUT2D eigenvalue weighted by atomic mass is 10.0. The lowest BCUT2D eigenvalue weighted by Crippen LogP contribution is -2.45. The number of amides is 1. The second kappa shape index (κ2) is 7.95. The van der Waals surface area contributed by atoms with E-state index in [4.69, 9.17) is 9.97 Å². The van der Waals surface area contributed by atoms with Crippen LogP contribution in [0.25, 0.3) is 0 Å². The first-order valence-electron chi connectivity index (χ1n) is 13.5. The van der Waals surface area contributed by atoms with E-state index >= 15 is 0 Å². The number of carbonyl (C=O) groups excluding carboxylic acids is 1. The number of likely N-dealkylation sites (tertiary alicyclic amines) is 1. The summed E-state index contributed by atoms with van der Waals surface area (Å²) in [6, 6.07) is 2.03. The standard InChI is InChI=1S/C26H35N7O/c34-24(32-14-12-26(16-32)10-11-26)21-9-4-13-33(21)25-27-19-8-3-7-18(19)23(29-25)28-22-15-20(30-31-22)17-5-1-2-6-17/h15,17,21H,1-14,16H2,(H2,27,28,29,30,31)/t21-/m1/s1.